The molecule has 1 fully saturated rings. The molecule has 6 heteroatoms. The molecule has 0 radical (unpaired) electrons. The van der Waals surface area contributed by atoms with Crippen LogP contribution in [0.1, 0.15) is 68.1 Å². The molecule has 3 aromatic rings. The average Bonchev–Trinajstić information content (AvgIpc) is 3.40. The van der Waals surface area contributed by atoms with E-state index in [1.807, 2.05) is 99.3 Å². The van der Waals surface area contributed by atoms with E-state index in [2.05, 4.69) is 18.3 Å². The third-order valence-corrected chi connectivity index (χ3v) is 9.24. The van der Waals surface area contributed by atoms with Crippen LogP contribution in [0.2, 0.25) is 5.02 Å². The number of carbonyl (C=O) groups excluding carboxylic acids is 3. The summed E-state index contributed by atoms with van der Waals surface area (Å²) in [6, 6.07) is 19.5. The van der Waals surface area contributed by atoms with Crippen LogP contribution in [-0.4, -0.2) is 29.6 Å². The van der Waals surface area contributed by atoms with Crippen molar-refractivity contribution in [2.75, 3.05) is 10.2 Å². The van der Waals surface area contributed by atoms with Crippen LogP contribution in [-0.2, 0) is 21.4 Å². The Hall–Kier alpha value is -3.70. The molecule has 1 amide bonds. The topological polar surface area (TPSA) is 66.5 Å². The van der Waals surface area contributed by atoms with Gasteiger partial charge in [0.2, 0.25) is 5.91 Å². The van der Waals surface area contributed by atoms with Crippen LogP contribution in [0.25, 0.3) is 5.57 Å². The van der Waals surface area contributed by atoms with E-state index < -0.39 is 28.8 Å². The fraction of sp³-hybridized carbons (Fsp3) is 0.343. The van der Waals surface area contributed by atoms with Crippen molar-refractivity contribution in [2.24, 2.45) is 11.3 Å². The fourth-order valence-corrected chi connectivity index (χ4v) is 7.32. The first-order chi connectivity index (χ1) is 19.5. The van der Waals surface area contributed by atoms with Crippen molar-refractivity contribution in [3.8, 4) is 0 Å². The molecule has 1 N–H and O–H groups in total. The van der Waals surface area contributed by atoms with Crippen LogP contribution in [0.5, 0.6) is 0 Å². The van der Waals surface area contributed by atoms with Crippen molar-refractivity contribution in [3.05, 3.63) is 100 Å². The van der Waals surface area contributed by atoms with Gasteiger partial charge in [0.25, 0.3) is 0 Å². The number of hydrogen-bond acceptors (Lipinski definition) is 4. The number of aryl methyl sites for hydroxylation is 1. The number of ketones is 2. The Morgan fingerprint density at radius 1 is 1.02 bits per heavy atom. The summed E-state index contributed by atoms with van der Waals surface area (Å²) in [6.07, 6.45) is 3.98. The Labute approximate surface area is 246 Å². The molecule has 3 aliphatic rings. The van der Waals surface area contributed by atoms with E-state index >= 15 is 0 Å². The van der Waals surface area contributed by atoms with Crippen LogP contribution in [0, 0.1) is 11.3 Å². The number of fused-ring (bicyclic) bond motifs is 6. The highest BCUT2D eigenvalue weighted by atomic mass is 35.5. The molecule has 0 aliphatic carbocycles. The van der Waals surface area contributed by atoms with Crippen molar-refractivity contribution >= 4 is 46.0 Å². The van der Waals surface area contributed by atoms with Crippen molar-refractivity contribution < 1.29 is 14.4 Å². The SMILES string of the molecule is CCCc1ccc(C(=O)[C@H]2[C@@H](C(=O)C(C)(C)C)N3c4ccc(Cl)cc4C(C)=C[C@@H]3[C@]23C(=O)Nc2ccccc23)cc1. The van der Waals surface area contributed by atoms with Gasteiger partial charge in [-0.15, -0.1) is 0 Å². The number of nitrogens with one attached hydrogen (secondary N) is 1. The van der Waals surface area contributed by atoms with E-state index in [4.69, 9.17) is 11.6 Å². The molecule has 0 aromatic heterocycles. The summed E-state index contributed by atoms with van der Waals surface area (Å²) in [5, 5.41) is 3.68. The summed E-state index contributed by atoms with van der Waals surface area (Å²) in [7, 11) is 0. The lowest BCUT2D eigenvalue weighted by Crippen LogP contribution is -2.51. The van der Waals surface area contributed by atoms with E-state index in [0.717, 1.165) is 40.8 Å². The zero-order chi connectivity index (χ0) is 29.3. The standard InChI is InChI=1S/C35H35ClN2O3/c1-6-9-21-12-14-22(15-13-21)31(39)29-30(32(40)34(3,4)5)38-27-17-16-23(36)19-24(27)20(2)18-28(38)35(29)25-10-7-8-11-26(25)37-33(35)41/h7-8,10-19,28-30H,6,9H2,1-5H3,(H,37,41)/t28-,29-,30+,35+/m1/s1. The van der Waals surface area contributed by atoms with Gasteiger partial charge in [0.15, 0.2) is 11.6 Å². The number of Topliss-reactive ketones (excluding diaryl/α,β-unsaturated/α-hetero) is 2. The number of rotatable bonds is 5. The number of nitrogens with zero attached hydrogens (tertiary/aromatic N) is 1. The van der Waals surface area contributed by atoms with Gasteiger partial charge < -0.3 is 10.2 Å². The van der Waals surface area contributed by atoms with Gasteiger partial charge in [0.05, 0.1) is 12.0 Å². The predicted molar refractivity (Wildman–Crippen MR) is 165 cm³/mol. The van der Waals surface area contributed by atoms with Gasteiger partial charge in [-0.3, -0.25) is 14.4 Å². The molecule has 3 aliphatic heterocycles. The predicted octanol–water partition coefficient (Wildman–Crippen LogP) is 7.27. The van der Waals surface area contributed by atoms with E-state index in [1.165, 1.54) is 0 Å². The Morgan fingerprint density at radius 2 is 1.73 bits per heavy atom. The second kappa shape index (κ2) is 9.70. The maximum atomic E-state index is 14.9. The molecule has 41 heavy (non-hydrogen) atoms. The second-order valence-corrected chi connectivity index (χ2v) is 13.0. The quantitative estimate of drug-likeness (QED) is 0.330. The van der Waals surface area contributed by atoms with E-state index in [-0.39, 0.29) is 17.5 Å². The van der Waals surface area contributed by atoms with Gasteiger partial charge in [-0.1, -0.05) is 94.3 Å². The van der Waals surface area contributed by atoms with Crippen molar-refractivity contribution in [1.29, 1.82) is 0 Å². The van der Waals surface area contributed by atoms with Crippen LogP contribution in [0.15, 0.2) is 72.8 Å². The summed E-state index contributed by atoms with van der Waals surface area (Å²) in [6.45, 7) is 9.77. The van der Waals surface area contributed by atoms with Gasteiger partial charge in [-0.25, -0.2) is 0 Å². The lowest BCUT2D eigenvalue weighted by Gasteiger charge is -2.40. The highest BCUT2D eigenvalue weighted by Crippen LogP contribution is 2.59. The molecule has 6 rings (SSSR count). The Kier molecular flexibility index (Phi) is 6.50. The lowest BCUT2D eigenvalue weighted by atomic mass is 9.63. The van der Waals surface area contributed by atoms with Crippen molar-refractivity contribution in [2.45, 2.75) is 65.0 Å². The third-order valence-electron chi connectivity index (χ3n) is 9.01. The average molecular weight is 567 g/mol. The minimum absolute atomic E-state index is 0.0774. The molecule has 0 saturated carbocycles. The number of allylic oxidation sites excluding steroid dienone is 1. The number of amides is 1. The van der Waals surface area contributed by atoms with Gasteiger partial charge in [0.1, 0.15) is 11.5 Å². The number of hydrogen-bond donors (Lipinski definition) is 1. The van der Waals surface area contributed by atoms with Gasteiger partial charge in [-0.2, -0.15) is 0 Å². The van der Waals surface area contributed by atoms with Crippen LogP contribution in [0.4, 0.5) is 11.4 Å². The molecular weight excluding hydrogens is 532 g/mol. The summed E-state index contributed by atoms with van der Waals surface area (Å²) in [5.74, 6) is -1.48. The lowest BCUT2D eigenvalue weighted by molar-refractivity contribution is -0.128. The smallest absolute Gasteiger partial charge is 0.238 e. The summed E-state index contributed by atoms with van der Waals surface area (Å²) in [4.78, 5) is 45.9. The Bertz CT molecular complexity index is 1620. The third kappa shape index (κ3) is 4.00. The van der Waals surface area contributed by atoms with E-state index in [1.54, 1.807) is 0 Å². The number of benzene rings is 3. The molecule has 1 saturated heterocycles. The minimum Gasteiger partial charge on any atom is -0.352 e. The van der Waals surface area contributed by atoms with Crippen molar-refractivity contribution in [3.63, 3.8) is 0 Å². The molecular formula is C35H35ClN2O3. The number of anilines is 2. The first-order valence-electron chi connectivity index (χ1n) is 14.3. The number of para-hydroxylation sites is 1. The summed E-state index contributed by atoms with van der Waals surface area (Å²) >= 11 is 6.43. The molecule has 4 atom stereocenters. The molecule has 0 bridgehead atoms. The number of carbonyl (C=O) groups is 3. The highest BCUT2D eigenvalue weighted by Gasteiger charge is 2.71. The molecule has 3 heterocycles. The maximum absolute atomic E-state index is 14.9. The van der Waals surface area contributed by atoms with E-state index in [0.29, 0.717) is 16.3 Å². The van der Waals surface area contributed by atoms with Crippen LogP contribution in [0.3, 0.4) is 0 Å². The first-order valence-corrected chi connectivity index (χ1v) is 14.7. The summed E-state index contributed by atoms with van der Waals surface area (Å²) < 4.78 is 0. The largest absolute Gasteiger partial charge is 0.352 e. The van der Waals surface area contributed by atoms with Gasteiger partial charge in [-0.05, 0) is 54.3 Å². The van der Waals surface area contributed by atoms with Crippen molar-refractivity contribution in [1.82, 2.24) is 0 Å². The van der Waals surface area contributed by atoms with Crippen LogP contribution >= 0.6 is 11.6 Å². The zero-order valence-electron chi connectivity index (χ0n) is 24.1. The molecule has 210 valence electrons. The van der Waals surface area contributed by atoms with Gasteiger partial charge >= 0.3 is 0 Å². The monoisotopic (exact) mass is 566 g/mol. The Balaban J connectivity index is 1.66. The second-order valence-electron chi connectivity index (χ2n) is 12.6. The molecule has 1 spiro atoms. The molecule has 3 aromatic carbocycles. The minimum atomic E-state index is -1.31. The zero-order valence-corrected chi connectivity index (χ0v) is 24.9. The summed E-state index contributed by atoms with van der Waals surface area (Å²) in [5.41, 5.74) is 3.71. The number of halogens is 1. The maximum Gasteiger partial charge on any atom is 0.238 e. The van der Waals surface area contributed by atoms with E-state index in [9.17, 15) is 14.4 Å². The normalized spacial score (nSPS) is 24.4. The highest BCUT2D eigenvalue weighted by molar-refractivity contribution is 6.31. The van der Waals surface area contributed by atoms with Crippen LogP contribution < -0.4 is 10.2 Å². The molecule has 0 unspecified atom stereocenters. The Morgan fingerprint density at radius 3 is 2.41 bits per heavy atom. The molecule has 5 nitrogen and oxygen atoms in total. The van der Waals surface area contributed by atoms with Gasteiger partial charge in [0, 0.05) is 32.9 Å². The fourth-order valence-electron chi connectivity index (χ4n) is 7.15. The first kappa shape index (κ1) is 27.5.